The van der Waals surface area contributed by atoms with E-state index in [0.29, 0.717) is 23.9 Å². The van der Waals surface area contributed by atoms with Gasteiger partial charge in [0, 0.05) is 25.5 Å². The van der Waals surface area contributed by atoms with Gasteiger partial charge < -0.3 is 4.90 Å². The fourth-order valence-corrected chi connectivity index (χ4v) is 1.69. The Kier molecular flexibility index (Phi) is 2.56. The maximum absolute atomic E-state index is 5.39. The summed E-state index contributed by atoms with van der Waals surface area (Å²) in [6.07, 6.45) is 7.43. The molecule has 1 aliphatic carbocycles. The van der Waals surface area contributed by atoms with E-state index in [9.17, 15) is 0 Å². The number of nitrogen functional groups attached to an aromatic ring is 1. The smallest absolute Gasteiger partial charge is 0.243 e. The van der Waals surface area contributed by atoms with Crippen molar-refractivity contribution >= 4 is 11.9 Å². The predicted octanol–water partition coefficient (Wildman–Crippen LogP) is -0.0585. The van der Waals surface area contributed by atoms with Gasteiger partial charge in [-0.1, -0.05) is 0 Å². The third-order valence-electron chi connectivity index (χ3n) is 2.89. The minimum atomic E-state index is 0.344. The molecule has 3 N–H and O–H groups in total. The number of hydrogen-bond acceptors (Lipinski definition) is 7. The molecule has 94 valence electrons. The molecule has 0 amide bonds. The maximum atomic E-state index is 5.39. The average Bonchev–Trinajstić information content (AvgIpc) is 3.11. The minimum absolute atomic E-state index is 0.344. The number of nitrogens with two attached hydrogens (primary N) is 1. The average molecular weight is 246 g/mol. The van der Waals surface area contributed by atoms with E-state index in [-0.39, 0.29) is 0 Å². The summed E-state index contributed by atoms with van der Waals surface area (Å²) in [6.45, 7) is 0. The van der Waals surface area contributed by atoms with E-state index in [1.165, 1.54) is 12.8 Å². The molecule has 1 aliphatic rings. The number of hydrazine groups is 1. The van der Waals surface area contributed by atoms with Crippen LogP contribution in [0, 0.1) is 0 Å². The number of anilines is 2. The molecule has 0 unspecified atom stereocenters. The zero-order valence-electron chi connectivity index (χ0n) is 9.98. The third kappa shape index (κ3) is 1.97. The zero-order valence-corrected chi connectivity index (χ0v) is 9.98. The first kappa shape index (κ1) is 10.9. The SMILES string of the molecule is CN(c1nc(NN)nc(-n2ccnc2)n1)C1CC1. The topological polar surface area (TPSA) is 97.8 Å². The molecule has 8 heteroatoms. The van der Waals surface area contributed by atoms with Crippen LogP contribution in [0.3, 0.4) is 0 Å². The molecule has 18 heavy (non-hydrogen) atoms. The van der Waals surface area contributed by atoms with Gasteiger partial charge in [-0.05, 0) is 12.8 Å². The summed E-state index contributed by atoms with van der Waals surface area (Å²) in [7, 11) is 1.98. The molecular formula is C10H14N8. The van der Waals surface area contributed by atoms with E-state index in [1.807, 2.05) is 11.9 Å². The van der Waals surface area contributed by atoms with E-state index in [0.717, 1.165) is 0 Å². The van der Waals surface area contributed by atoms with Crippen molar-refractivity contribution in [3.8, 4) is 5.95 Å². The van der Waals surface area contributed by atoms with E-state index in [2.05, 4.69) is 25.4 Å². The number of rotatable bonds is 4. The molecule has 0 aliphatic heterocycles. The van der Waals surface area contributed by atoms with Crippen molar-refractivity contribution < 1.29 is 0 Å². The van der Waals surface area contributed by atoms with Crippen molar-refractivity contribution in [2.75, 3.05) is 17.4 Å². The second-order valence-corrected chi connectivity index (χ2v) is 4.22. The van der Waals surface area contributed by atoms with Crippen LogP contribution in [-0.4, -0.2) is 37.6 Å². The molecule has 2 aromatic heterocycles. The van der Waals surface area contributed by atoms with E-state index in [4.69, 9.17) is 5.84 Å². The van der Waals surface area contributed by atoms with Crippen LogP contribution in [0.4, 0.5) is 11.9 Å². The van der Waals surface area contributed by atoms with Crippen LogP contribution in [0.1, 0.15) is 12.8 Å². The fraction of sp³-hybridized carbons (Fsp3) is 0.400. The summed E-state index contributed by atoms with van der Waals surface area (Å²) < 4.78 is 1.72. The normalized spacial score (nSPS) is 14.6. The predicted molar refractivity (Wildman–Crippen MR) is 66.2 cm³/mol. The van der Waals surface area contributed by atoms with Gasteiger partial charge in [0.05, 0.1) is 0 Å². The lowest BCUT2D eigenvalue weighted by molar-refractivity contribution is 0.820. The van der Waals surface area contributed by atoms with Crippen molar-refractivity contribution in [1.82, 2.24) is 24.5 Å². The van der Waals surface area contributed by atoms with Crippen molar-refractivity contribution in [3.63, 3.8) is 0 Å². The summed E-state index contributed by atoms with van der Waals surface area (Å²) in [5.74, 6) is 6.84. The van der Waals surface area contributed by atoms with Crippen LogP contribution in [0.25, 0.3) is 5.95 Å². The van der Waals surface area contributed by atoms with Gasteiger partial charge in [0.2, 0.25) is 17.8 Å². The molecule has 0 aromatic carbocycles. The van der Waals surface area contributed by atoms with Gasteiger partial charge in [0.25, 0.3) is 0 Å². The number of imidazole rings is 1. The molecule has 3 rings (SSSR count). The molecule has 0 bridgehead atoms. The first-order chi connectivity index (χ1) is 8.78. The number of nitrogens with one attached hydrogen (secondary N) is 1. The molecule has 1 fully saturated rings. The monoisotopic (exact) mass is 246 g/mol. The number of hydrogen-bond donors (Lipinski definition) is 2. The van der Waals surface area contributed by atoms with Crippen LogP contribution >= 0.6 is 0 Å². The highest BCUT2D eigenvalue weighted by Gasteiger charge is 2.28. The fourth-order valence-electron chi connectivity index (χ4n) is 1.69. The molecule has 2 aromatic rings. The number of aromatic nitrogens is 5. The Morgan fingerprint density at radius 3 is 2.83 bits per heavy atom. The van der Waals surface area contributed by atoms with Gasteiger partial charge in [0.15, 0.2) is 0 Å². The highest BCUT2D eigenvalue weighted by molar-refractivity contribution is 5.40. The Morgan fingerprint density at radius 1 is 1.39 bits per heavy atom. The molecule has 0 spiro atoms. The van der Waals surface area contributed by atoms with E-state index < -0.39 is 0 Å². The lowest BCUT2D eigenvalue weighted by atomic mass is 10.6. The first-order valence-corrected chi connectivity index (χ1v) is 5.72. The largest absolute Gasteiger partial charge is 0.341 e. The minimum Gasteiger partial charge on any atom is -0.341 e. The molecule has 0 radical (unpaired) electrons. The van der Waals surface area contributed by atoms with Gasteiger partial charge in [-0.15, -0.1) is 0 Å². The van der Waals surface area contributed by atoms with Crippen LogP contribution in [0.2, 0.25) is 0 Å². The van der Waals surface area contributed by atoms with Crippen LogP contribution in [-0.2, 0) is 0 Å². The van der Waals surface area contributed by atoms with E-state index >= 15 is 0 Å². The van der Waals surface area contributed by atoms with Crippen molar-refractivity contribution in [3.05, 3.63) is 18.7 Å². The molecule has 8 nitrogen and oxygen atoms in total. The Morgan fingerprint density at radius 2 is 2.22 bits per heavy atom. The van der Waals surface area contributed by atoms with Gasteiger partial charge in [-0.2, -0.15) is 15.0 Å². The highest BCUT2D eigenvalue weighted by atomic mass is 15.4. The molecular weight excluding hydrogens is 232 g/mol. The van der Waals surface area contributed by atoms with Gasteiger partial charge >= 0.3 is 0 Å². The third-order valence-corrected chi connectivity index (χ3v) is 2.89. The summed E-state index contributed by atoms with van der Waals surface area (Å²) in [5, 5.41) is 0. The lowest BCUT2D eigenvalue weighted by Crippen LogP contribution is -2.24. The van der Waals surface area contributed by atoms with Crippen molar-refractivity contribution in [2.45, 2.75) is 18.9 Å². The molecule has 0 saturated heterocycles. The Bertz CT molecular complexity index is 533. The van der Waals surface area contributed by atoms with Gasteiger partial charge in [-0.3, -0.25) is 9.99 Å². The van der Waals surface area contributed by atoms with Crippen LogP contribution in [0.15, 0.2) is 18.7 Å². The lowest BCUT2D eigenvalue weighted by Gasteiger charge is -2.17. The molecule has 0 atom stereocenters. The summed E-state index contributed by atoms with van der Waals surface area (Å²) in [6, 6.07) is 0.522. The van der Waals surface area contributed by atoms with Crippen LogP contribution < -0.4 is 16.2 Å². The van der Waals surface area contributed by atoms with Gasteiger partial charge in [-0.25, -0.2) is 10.8 Å². The summed E-state index contributed by atoms with van der Waals surface area (Å²) in [5.41, 5.74) is 2.46. The van der Waals surface area contributed by atoms with Crippen LogP contribution in [0.5, 0.6) is 0 Å². The van der Waals surface area contributed by atoms with Crippen molar-refractivity contribution in [1.29, 1.82) is 0 Å². The second kappa shape index (κ2) is 4.22. The standard InChI is InChI=1S/C10H14N8/c1-17(7-2-3-7)9-13-8(16-11)14-10(15-9)18-5-4-12-6-18/h4-7H,2-3,11H2,1H3,(H,13,14,15,16). The number of nitrogens with zero attached hydrogens (tertiary/aromatic N) is 6. The first-order valence-electron chi connectivity index (χ1n) is 5.72. The van der Waals surface area contributed by atoms with Gasteiger partial charge in [0.1, 0.15) is 6.33 Å². The summed E-state index contributed by atoms with van der Waals surface area (Å²) >= 11 is 0. The molecule has 1 saturated carbocycles. The second-order valence-electron chi connectivity index (χ2n) is 4.22. The molecule has 2 heterocycles. The van der Waals surface area contributed by atoms with Crippen molar-refractivity contribution in [2.24, 2.45) is 5.84 Å². The Labute approximate surface area is 104 Å². The maximum Gasteiger partial charge on any atom is 0.243 e. The van der Waals surface area contributed by atoms with E-state index in [1.54, 1.807) is 23.3 Å². The Hall–Kier alpha value is -2.22. The summed E-state index contributed by atoms with van der Waals surface area (Å²) in [4.78, 5) is 18.9. The highest BCUT2D eigenvalue weighted by Crippen LogP contribution is 2.28. The zero-order chi connectivity index (χ0) is 12.5. The quantitative estimate of drug-likeness (QED) is 0.576. The Balaban J connectivity index is 2.01.